The van der Waals surface area contributed by atoms with Gasteiger partial charge in [0.15, 0.2) is 5.69 Å². The molecule has 0 aliphatic heterocycles. The first-order chi connectivity index (χ1) is 12.3. The van der Waals surface area contributed by atoms with Gasteiger partial charge >= 0.3 is 6.18 Å². The highest BCUT2D eigenvalue weighted by Crippen LogP contribution is 2.35. The van der Waals surface area contributed by atoms with Crippen molar-refractivity contribution in [3.8, 4) is 0 Å². The van der Waals surface area contributed by atoms with E-state index in [-0.39, 0.29) is 24.6 Å². The number of hydrogen-bond donors (Lipinski definition) is 0. The van der Waals surface area contributed by atoms with Gasteiger partial charge in [-0.05, 0) is 32.6 Å². The van der Waals surface area contributed by atoms with E-state index in [0.29, 0.717) is 36.3 Å². The first kappa shape index (κ1) is 18.4. The number of amides is 1. The molecule has 0 fully saturated rings. The van der Waals surface area contributed by atoms with Crippen LogP contribution in [0.4, 0.5) is 13.2 Å². The maximum Gasteiger partial charge on any atom is 0.435 e. The largest absolute Gasteiger partial charge is 0.435 e. The molecule has 2 aromatic rings. The highest BCUT2D eigenvalue weighted by Gasteiger charge is 2.39. The molecule has 0 saturated carbocycles. The normalized spacial score (nSPS) is 14.8. The van der Waals surface area contributed by atoms with Crippen molar-refractivity contribution >= 4 is 5.91 Å². The minimum absolute atomic E-state index is 0.170. The molecule has 142 valence electrons. The second-order valence-electron chi connectivity index (χ2n) is 6.54. The van der Waals surface area contributed by atoms with Gasteiger partial charge in [0.2, 0.25) is 5.91 Å². The number of alkyl halides is 3. The van der Waals surface area contributed by atoms with Gasteiger partial charge < -0.3 is 4.90 Å². The number of aromatic nitrogens is 4. The molecule has 10 heteroatoms. The van der Waals surface area contributed by atoms with Gasteiger partial charge in [-0.1, -0.05) is 16.7 Å². The summed E-state index contributed by atoms with van der Waals surface area (Å²) in [6.45, 7) is 1.64. The minimum Gasteiger partial charge on any atom is -0.338 e. The quantitative estimate of drug-likeness (QED) is 0.772. The maximum absolute atomic E-state index is 13.3. The van der Waals surface area contributed by atoms with Gasteiger partial charge in [0.05, 0.1) is 6.54 Å². The van der Waals surface area contributed by atoms with Gasteiger partial charge in [0.25, 0.3) is 0 Å². The lowest BCUT2D eigenvalue weighted by molar-refractivity contribution is -0.142. The molecule has 0 atom stereocenters. The van der Waals surface area contributed by atoms with Crippen LogP contribution in [0.5, 0.6) is 0 Å². The van der Waals surface area contributed by atoms with Gasteiger partial charge in [-0.2, -0.15) is 18.3 Å². The summed E-state index contributed by atoms with van der Waals surface area (Å²) >= 11 is 0. The summed E-state index contributed by atoms with van der Waals surface area (Å²) < 4.78 is 45.8. The van der Waals surface area contributed by atoms with Crippen LogP contribution in [0.1, 0.15) is 47.6 Å². The molecule has 0 radical (unpaired) electrons. The highest BCUT2D eigenvalue weighted by atomic mass is 19.4. The van der Waals surface area contributed by atoms with Crippen LogP contribution < -0.4 is 0 Å². The zero-order valence-electron chi connectivity index (χ0n) is 14.6. The maximum atomic E-state index is 13.3. The second-order valence-corrected chi connectivity index (χ2v) is 6.54. The predicted octanol–water partition coefficient (Wildman–Crippen LogP) is 2.52. The van der Waals surface area contributed by atoms with E-state index in [2.05, 4.69) is 20.0 Å². The topological polar surface area (TPSA) is 77.0 Å². The van der Waals surface area contributed by atoms with Crippen molar-refractivity contribution in [2.24, 2.45) is 0 Å². The van der Waals surface area contributed by atoms with E-state index in [1.165, 1.54) is 9.58 Å². The lowest BCUT2D eigenvalue weighted by Crippen LogP contribution is -2.31. The molecule has 7 nitrogen and oxygen atoms in total. The Labute approximate surface area is 148 Å². The van der Waals surface area contributed by atoms with E-state index in [1.807, 2.05) is 0 Å². The van der Waals surface area contributed by atoms with Gasteiger partial charge in [-0.25, -0.2) is 4.63 Å². The first-order valence-corrected chi connectivity index (χ1v) is 8.45. The van der Waals surface area contributed by atoms with Crippen LogP contribution in [-0.4, -0.2) is 37.9 Å². The number of hydrogen-bond acceptors (Lipinski definition) is 5. The Hall–Kier alpha value is -2.39. The Bertz CT molecular complexity index is 796. The molecule has 2 heterocycles. The number of rotatable bonds is 4. The Kier molecular flexibility index (Phi) is 5.01. The average Bonchev–Trinajstić information content (AvgIpc) is 3.02. The summed E-state index contributed by atoms with van der Waals surface area (Å²) in [5.41, 5.74) is 0.979. The zero-order valence-corrected chi connectivity index (χ0v) is 14.6. The zero-order chi connectivity index (χ0) is 18.9. The Morgan fingerprint density at radius 2 is 1.96 bits per heavy atom. The van der Waals surface area contributed by atoms with Crippen LogP contribution in [0, 0.1) is 6.92 Å². The van der Waals surface area contributed by atoms with Crippen molar-refractivity contribution < 1.29 is 22.6 Å². The van der Waals surface area contributed by atoms with Crippen LogP contribution in [0.15, 0.2) is 4.63 Å². The predicted molar refractivity (Wildman–Crippen MR) is 84.0 cm³/mol. The molecule has 0 aromatic carbocycles. The van der Waals surface area contributed by atoms with E-state index in [9.17, 15) is 18.0 Å². The molecule has 2 aromatic heterocycles. The second kappa shape index (κ2) is 7.08. The molecule has 0 unspecified atom stereocenters. The van der Waals surface area contributed by atoms with Crippen LogP contribution in [0.25, 0.3) is 0 Å². The number of carbonyl (C=O) groups is 1. The van der Waals surface area contributed by atoms with Crippen LogP contribution in [-0.2, 0) is 36.9 Å². The summed E-state index contributed by atoms with van der Waals surface area (Å²) in [7, 11) is 1.56. The molecule has 1 aliphatic rings. The fraction of sp³-hybridized carbons (Fsp3) is 0.625. The average molecular weight is 371 g/mol. The number of likely N-dealkylation sites (N-methyl/N-ethyl adjacent to an activating group) is 1. The summed E-state index contributed by atoms with van der Waals surface area (Å²) in [6.07, 6.45) is -1.30. The van der Waals surface area contributed by atoms with E-state index < -0.39 is 11.9 Å². The Morgan fingerprint density at radius 1 is 1.23 bits per heavy atom. The van der Waals surface area contributed by atoms with E-state index in [0.717, 1.165) is 12.8 Å². The number of halogens is 3. The molecule has 1 amide bonds. The Morgan fingerprint density at radius 3 is 2.62 bits per heavy atom. The molecule has 0 bridgehead atoms. The number of nitrogens with zero attached hydrogens (tertiary/aromatic N) is 5. The number of fused-ring (bicyclic) bond motifs is 1. The summed E-state index contributed by atoms with van der Waals surface area (Å²) in [5, 5.41) is 11.1. The van der Waals surface area contributed by atoms with Gasteiger partial charge in [0.1, 0.15) is 17.9 Å². The van der Waals surface area contributed by atoms with Crippen LogP contribution in [0.3, 0.4) is 0 Å². The molecule has 26 heavy (non-hydrogen) atoms. The molecule has 1 aliphatic carbocycles. The molecular weight excluding hydrogens is 351 g/mol. The summed E-state index contributed by atoms with van der Waals surface area (Å²) in [4.78, 5) is 13.9. The smallest absolute Gasteiger partial charge is 0.338 e. The third-order valence-electron chi connectivity index (χ3n) is 4.62. The van der Waals surface area contributed by atoms with Crippen molar-refractivity contribution in [2.45, 2.75) is 58.3 Å². The van der Waals surface area contributed by atoms with Crippen LogP contribution in [0.2, 0.25) is 0 Å². The molecule has 3 rings (SSSR count). The van der Waals surface area contributed by atoms with Crippen molar-refractivity contribution in [1.29, 1.82) is 0 Å². The Balaban J connectivity index is 1.81. The SMILES string of the molecule is Cc1nonc1CN(C)C(=O)Cn1nc(C(F)(F)F)c2c1CCCCC2. The summed E-state index contributed by atoms with van der Waals surface area (Å²) in [5.74, 6) is -0.351. The lowest BCUT2D eigenvalue weighted by atomic mass is 10.1. The van der Waals surface area contributed by atoms with E-state index in [4.69, 9.17) is 0 Å². The van der Waals surface area contributed by atoms with Gasteiger partial charge in [0, 0.05) is 18.3 Å². The van der Waals surface area contributed by atoms with Crippen molar-refractivity contribution in [3.63, 3.8) is 0 Å². The highest BCUT2D eigenvalue weighted by molar-refractivity contribution is 5.75. The summed E-state index contributed by atoms with van der Waals surface area (Å²) in [6, 6.07) is 0. The lowest BCUT2D eigenvalue weighted by Gasteiger charge is -2.16. The number of aryl methyl sites for hydroxylation is 1. The fourth-order valence-corrected chi connectivity index (χ4v) is 3.16. The van der Waals surface area contributed by atoms with Crippen molar-refractivity contribution in [3.05, 3.63) is 28.3 Å². The third-order valence-corrected chi connectivity index (χ3v) is 4.62. The molecular formula is C16H20F3N5O2. The third kappa shape index (κ3) is 3.73. The van der Waals surface area contributed by atoms with Crippen molar-refractivity contribution in [1.82, 2.24) is 25.0 Å². The van der Waals surface area contributed by atoms with Gasteiger partial charge in [-0.3, -0.25) is 9.48 Å². The number of carbonyl (C=O) groups excluding carboxylic acids is 1. The van der Waals surface area contributed by atoms with Crippen LogP contribution >= 0.6 is 0 Å². The molecule has 0 saturated heterocycles. The monoisotopic (exact) mass is 371 g/mol. The fourth-order valence-electron chi connectivity index (χ4n) is 3.16. The molecule has 0 N–H and O–H groups in total. The first-order valence-electron chi connectivity index (χ1n) is 8.45. The van der Waals surface area contributed by atoms with E-state index in [1.54, 1.807) is 14.0 Å². The standard InChI is InChI=1S/C16H20F3N5O2/c1-10-12(22-26-21-10)8-23(2)14(25)9-24-13-7-5-3-4-6-11(13)15(20-24)16(17,18)19/h3-9H2,1-2H3. The van der Waals surface area contributed by atoms with Gasteiger partial charge in [-0.15, -0.1) is 0 Å². The van der Waals surface area contributed by atoms with Crippen molar-refractivity contribution in [2.75, 3.05) is 7.05 Å². The molecule has 0 spiro atoms. The van der Waals surface area contributed by atoms with E-state index >= 15 is 0 Å². The minimum atomic E-state index is -4.52.